The van der Waals surface area contributed by atoms with Crippen LogP contribution in [0.2, 0.25) is 0 Å². The lowest BCUT2D eigenvalue weighted by Crippen LogP contribution is -2.13. The molecule has 0 fully saturated rings. The number of ether oxygens (including phenoxy) is 2. The third-order valence-electron chi connectivity index (χ3n) is 4.44. The molecule has 6 nitrogen and oxygen atoms in total. The van der Waals surface area contributed by atoms with Gasteiger partial charge in [0.25, 0.3) is 10.0 Å². The summed E-state index contributed by atoms with van der Waals surface area (Å²) in [5, 5.41) is 1.42. The Hall–Kier alpha value is -3.19. The van der Waals surface area contributed by atoms with Crippen molar-refractivity contribution in [3.05, 3.63) is 60.7 Å². The second-order valence-corrected chi connectivity index (χ2v) is 7.67. The molecular formula is C20H18N2O4S. The van der Waals surface area contributed by atoms with Gasteiger partial charge in [-0.3, -0.25) is 4.72 Å². The Morgan fingerprint density at radius 2 is 1.63 bits per heavy atom. The predicted molar refractivity (Wildman–Crippen MR) is 106 cm³/mol. The fourth-order valence-corrected chi connectivity index (χ4v) is 4.45. The van der Waals surface area contributed by atoms with E-state index in [1.54, 1.807) is 50.6 Å². The number of nitrogens with one attached hydrogen (secondary N) is 2. The van der Waals surface area contributed by atoms with Crippen molar-refractivity contribution in [3.63, 3.8) is 0 Å². The molecule has 4 rings (SSSR count). The van der Waals surface area contributed by atoms with Crippen LogP contribution in [0.15, 0.2) is 65.6 Å². The third kappa shape index (κ3) is 2.96. The van der Waals surface area contributed by atoms with Gasteiger partial charge in [-0.2, -0.15) is 0 Å². The van der Waals surface area contributed by atoms with Gasteiger partial charge in [0.05, 0.1) is 24.6 Å². The van der Waals surface area contributed by atoms with E-state index in [0.29, 0.717) is 28.1 Å². The average molecular weight is 382 g/mol. The smallest absolute Gasteiger partial charge is 0.262 e. The summed E-state index contributed by atoms with van der Waals surface area (Å²) < 4.78 is 39.4. The summed E-state index contributed by atoms with van der Waals surface area (Å²) in [5.41, 5.74) is 1.95. The minimum atomic E-state index is -3.81. The van der Waals surface area contributed by atoms with Gasteiger partial charge in [0, 0.05) is 22.0 Å². The molecular weight excluding hydrogens is 364 g/mol. The maximum absolute atomic E-state index is 13.1. The van der Waals surface area contributed by atoms with E-state index in [2.05, 4.69) is 9.71 Å². The molecule has 0 aliphatic carbocycles. The highest BCUT2D eigenvalue weighted by atomic mass is 32.2. The van der Waals surface area contributed by atoms with Gasteiger partial charge in [-0.05, 0) is 42.5 Å². The number of methoxy groups -OCH3 is 2. The third-order valence-corrected chi connectivity index (χ3v) is 5.86. The Labute approximate surface area is 156 Å². The van der Waals surface area contributed by atoms with Crippen molar-refractivity contribution in [2.24, 2.45) is 0 Å². The molecule has 1 heterocycles. The molecule has 4 aromatic rings. The summed E-state index contributed by atoms with van der Waals surface area (Å²) in [6.45, 7) is 0. The van der Waals surface area contributed by atoms with Crippen molar-refractivity contribution in [1.29, 1.82) is 0 Å². The molecule has 3 aromatic carbocycles. The van der Waals surface area contributed by atoms with Gasteiger partial charge in [-0.25, -0.2) is 8.42 Å². The molecule has 138 valence electrons. The van der Waals surface area contributed by atoms with Crippen molar-refractivity contribution in [3.8, 4) is 11.5 Å². The number of aromatic amines is 1. The van der Waals surface area contributed by atoms with Crippen molar-refractivity contribution in [2.45, 2.75) is 4.90 Å². The zero-order valence-corrected chi connectivity index (χ0v) is 15.6. The lowest BCUT2D eigenvalue weighted by Gasteiger charge is -2.11. The van der Waals surface area contributed by atoms with E-state index < -0.39 is 10.0 Å². The van der Waals surface area contributed by atoms with Gasteiger partial charge in [-0.1, -0.05) is 18.2 Å². The topological polar surface area (TPSA) is 80.4 Å². The van der Waals surface area contributed by atoms with E-state index >= 15 is 0 Å². The molecule has 27 heavy (non-hydrogen) atoms. The second-order valence-electron chi connectivity index (χ2n) is 6.02. The summed E-state index contributed by atoms with van der Waals surface area (Å²) in [6, 6.07) is 17.5. The van der Waals surface area contributed by atoms with Crippen molar-refractivity contribution >= 4 is 37.5 Å². The van der Waals surface area contributed by atoms with Crippen LogP contribution in [-0.2, 0) is 10.0 Å². The first-order valence-corrected chi connectivity index (χ1v) is 9.76. The normalized spacial score (nSPS) is 11.6. The van der Waals surface area contributed by atoms with E-state index in [9.17, 15) is 8.42 Å². The molecule has 0 spiro atoms. The van der Waals surface area contributed by atoms with Crippen molar-refractivity contribution in [1.82, 2.24) is 4.98 Å². The zero-order valence-electron chi connectivity index (χ0n) is 14.8. The molecule has 0 saturated carbocycles. The molecule has 2 N–H and O–H groups in total. The maximum Gasteiger partial charge on any atom is 0.262 e. The lowest BCUT2D eigenvalue weighted by atomic mass is 10.1. The predicted octanol–water partition coefficient (Wildman–Crippen LogP) is 4.14. The summed E-state index contributed by atoms with van der Waals surface area (Å²) in [5.74, 6) is 1.24. The number of benzene rings is 3. The highest BCUT2D eigenvalue weighted by molar-refractivity contribution is 7.93. The van der Waals surface area contributed by atoms with Crippen molar-refractivity contribution < 1.29 is 17.9 Å². The maximum atomic E-state index is 13.1. The molecule has 0 unspecified atom stereocenters. The molecule has 0 bridgehead atoms. The van der Waals surface area contributed by atoms with E-state index in [-0.39, 0.29) is 4.90 Å². The van der Waals surface area contributed by atoms with Gasteiger partial charge < -0.3 is 14.5 Å². The van der Waals surface area contributed by atoms with Gasteiger partial charge in [-0.15, -0.1) is 0 Å². The Balaban J connectivity index is 1.89. The quantitative estimate of drug-likeness (QED) is 0.544. The highest BCUT2D eigenvalue weighted by Crippen LogP contribution is 2.37. The number of hydrogen-bond donors (Lipinski definition) is 2. The van der Waals surface area contributed by atoms with Gasteiger partial charge in [0.15, 0.2) is 0 Å². The minimum Gasteiger partial charge on any atom is -0.497 e. The number of anilines is 1. The van der Waals surface area contributed by atoms with Crippen LogP contribution in [0.3, 0.4) is 0 Å². The zero-order chi connectivity index (χ0) is 19.0. The number of rotatable bonds is 5. The van der Waals surface area contributed by atoms with Crippen LogP contribution in [0.5, 0.6) is 11.5 Å². The fourth-order valence-electron chi connectivity index (χ4n) is 3.16. The largest absolute Gasteiger partial charge is 0.497 e. The van der Waals surface area contributed by atoms with Crippen LogP contribution in [0.1, 0.15) is 0 Å². The van der Waals surface area contributed by atoms with E-state index in [0.717, 1.165) is 10.9 Å². The lowest BCUT2D eigenvalue weighted by molar-refractivity contribution is 0.415. The van der Waals surface area contributed by atoms with Crippen molar-refractivity contribution in [2.75, 3.05) is 18.9 Å². The van der Waals surface area contributed by atoms with Crippen LogP contribution in [0.4, 0.5) is 5.69 Å². The molecule has 1 aromatic heterocycles. The Morgan fingerprint density at radius 3 is 2.33 bits per heavy atom. The SMILES string of the molecule is COc1ccc(NS(=O)(=O)c2ccc(OC)c3[nH]c4ccccc4c23)cc1. The van der Waals surface area contributed by atoms with Crippen LogP contribution in [-0.4, -0.2) is 27.6 Å². The molecule has 0 saturated heterocycles. The average Bonchev–Trinajstić information content (AvgIpc) is 3.07. The first-order chi connectivity index (χ1) is 13.0. The van der Waals surface area contributed by atoms with E-state index in [1.807, 2.05) is 24.3 Å². The number of H-pyrrole nitrogens is 1. The standard InChI is InChI=1S/C20H18N2O4S/c1-25-14-9-7-13(8-10-14)22-27(23,24)18-12-11-17(26-2)20-19(18)15-5-3-4-6-16(15)21-20/h3-12,21-22H,1-2H3. The molecule has 7 heteroatoms. The number of sulfonamides is 1. The van der Waals surface area contributed by atoms with E-state index in [4.69, 9.17) is 9.47 Å². The Bertz CT molecular complexity index is 1230. The fraction of sp³-hybridized carbons (Fsp3) is 0.100. The summed E-state index contributed by atoms with van der Waals surface area (Å²) in [7, 11) is -0.693. The summed E-state index contributed by atoms with van der Waals surface area (Å²) in [4.78, 5) is 3.44. The number of fused-ring (bicyclic) bond motifs is 3. The van der Waals surface area contributed by atoms with Crippen LogP contribution in [0.25, 0.3) is 21.8 Å². The van der Waals surface area contributed by atoms with E-state index in [1.165, 1.54) is 0 Å². The molecule has 0 atom stereocenters. The van der Waals surface area contributed by atoms with Gasteiger partial charge >= 0.3 is 0 Å². The first-order valence-electron chi connectivity index (χ1n) is 8.28. The number of aromatic nitrogens is 1. The van der Waals surface area contributed by atoms with Crippen LogP contribution in [0, 0.1) is 0 Å². The number of hydrogen-bond acceptors (Lipinski definition) is 4. The Morgan fingerprint density at radius 1 is 0.889 bits per heavy atom. The van der Waals surface area contributed by atoms with Gasteiger partial charge in [0.2, 0.25) is 0 Å². The summed E-state index contributed by atoms with van der Waals surface area (Å²) >= 11 is 0. The monoisotopic (exact) mass is 382 g/mol. The number of para-hydroxylation sites is 1. The highest BCUT2D eigenvalue weighted by Gasteiger charge is 2.22. The van der Waals surface area contributed by atoms with Crippen LogP contribution >= 0.6 is 0 Å². The van der Waals surface area contributed by atoms with Crippen LogP contribution < -0.4 is 14.2 Å². The first kappa shape index (κ1) is 17.2. The molecule has 0 aliphatic heterocycles. The second kappa shape index (κ2) is 6.51. The van der Waals surface area contributed by atoms with Gasteiger partial charge in [0.1, 0.15) is 11.5 Å². The molecule has 0 amide bonds. The Kier molecular flexibility index (Phi) is 4.16. The minimum absolute atomic E-state index is 0.187. The summed E-state index contributed by atoms with van der Waals surface area (Å²) in [6.07, 6.45) is 0. The molecule has 0 aliphatic rings. The molecule has 0 radical (unpaired) electrons.